The molecule has 1 aliphatic carbocycles. The molecule has 0 spiro atoms. The number of benzene rings is 1. The summed E-state index contributed by atoms with van der Waals surface area (Å²) in [6.45, 7) is 1.85. The first kappa shape index (κ1) is 16.3. The van der Waals surface area contributed by atoms with Crippen molar-refractivity contribution in [2.45, 2.75) is 51.0 Å². The number of hydrogen-bond acceptors (Lipinski definition) is 3. The molecule has 23 heavy (non-hydrogen) atoms. The van der Waals surface area contributed by atoms with Crippen molar-refractivity contribution in [3.05, 3.63) is 24.3 Å². The Morgan fingerprint density at radius 1 is 1.17 bits per heavy atom. The van der Waals surface area contributed by atoms with E-state index in [1.54, 1.807) is 7.11 Å². The lowest BCUT2D eigenvalue weighted by Crippen LogP contribution is -2.48. The third-order valence-electron chi connectivity index (χ3n) is 5.15. The van der Waals surface area contributed by atoms with Gasteiger partial charge in [-0.15, -0.1) is 0 Å². The fourth-order valence-electron chi connectivity index (χ4n) is 3.88. The van der Waals surface area contributed by atoms with Gasteiger partial charge in [-0.25, -0.2) is 0 Å². The molecule has 1 saturated carbocycles. The summed E-state index contributed by atoms with van der Waals surface area (Å²) >= 11 is 0. The molecule has 1 N–H and O–H groups in total. The first-order valence-electron chi connectivity index (χ1n) is 8.97. The maximum Gasteiger partial charge on any atom is 0.231 e. The van der Waals surface area contributed by atoms with Crippen molar-refractivity contribution >= 4 is 11.6 Å². The van der Waals surface area contributed by atoms with Crippen LogP contribution in [-0.2, 0) is 4.79 Å². The van der Waals surface area contributed by atoms with E-state index in [2.05, 4.69) is 10.2 Å². The average Bonchev–Trinajstić information content (AvgIpc) is 2.64. The third-order valence-corrected chi connectivity index (χ3v) is 5.15. The smallest absolute Gasteiger partial charge is 0.231 e. The van der Waals surface area contributed by atoms with Gasteiger partial charge in [0.15, 0.2) is 0 Å². The van der Waals surface area contributed by atoms with Crippen molar-refractivity contribution in [1.82, 2.24) is 5.32 Å². The molecule has 0 unspecified atom stereocenters. The number of rotatable bonds is 4. The molecule has 2 fully saturated rings. The maximum absolute atomic E-state index is 13.2. The molecule has 1 aromatic rings. The van der Waals surface area contributed by atoms with Crippen LogP contribution in [0.25, 0.3) is 0 Å². The Balaban J connectivity index is 1.86. The highest BCUT2D eigenvalue weighted by Gasteiger charge is 2.32. The Morgan fingerprint density at radius 3 is 2.70 bits per heavy atom. The molecule has 4 heteroatoms. The quantitative estimate of drug-likeness (QED) is 0.926. The number of piperidine rings is 1. The van der Waals surface area contributed by atoms with Gasteiger partial charge in [0.2, 0.25) is 5.91 Å². The van der Waals surface area contributed by atoms with Crippen LogP contribution in [0.4, 0.5) is 5.69 Å². The Labute approximate surface area is 139 Å². The number of carbonyl (C=O) groups is 1. The van der Waals surface area contributed by atoms with E-state index >= 15 is 0 Å². The second-order valence-electron chi connectivity index (χ2n) is 6.74. The van der Waals surface area contributed by atoms with Gasteiger partial charge < -0.3 is 15.0 Å². The second-order valence-corrected chi connectivity index (χ2v) is 6.74. The summed E-state index contributed by atoms with van der Waals surface area (Å²) in [7, 11) is 1.68. The number of nitrogens with zero attached hydrogens (tertiary/aromatic N) is 1. The Bertz CT molecular complexity index is 520. The molecule has 1 aromatic carbocycles. The topological polar surface area (TPSA) is 41.6 Å². The number of amides is 1. The summed E-state index contributed by atoms with van der Waals surface area (Å²) in [6, 6.07) is 8.31. The molecule has 126 valence electrons. The zero-order valence-electron chi connectivity index (χ0n) is 14.1. The predicted molar refractivity (Wildman–Crippen MR) is 92.9 cm³/mol. The molecule has 1 saturated heterocycles. The monoisotopic (exact) mass is 316 g/mol. The lowest BCUT2D eigenvalue weighted by molar-refractivity contribution is -0.123. The summed E-state index contributed by atoms with van der Waals surface area (Å²) in [5, 5.41) is 3.38. The highest BCUT2D eigenvalue weighted by atomic mass is 16.5. The van der Waals surface area contributed by atoms with Crippen LogP contribution in [0.3, 0.4) is 0 Å². The number of anilines is 1. The second kappa shape index (κ2) is 7.82. The highest BCUT2D eigenvalue weighted by molar-refractivity contribution is 5.96. The van der Waals surface area contributed by atoms with E-state index in [0.29, 0.717) is 6.04 Å². The highest BCUT2D eigenvalue weighted by Crippen LogP contribution is 2.31. The van der Waals surface area contributed by atoms with E-state index in [1.165, 1.54) is 19.3 Å². The Hall–Kier alpha value is -1.55. The number of ether oxygens (including phenoxy) is 1. The van der Waals surface area contributed by atoms with Crippen LogP contribution in [0.2, 0.25) is 0 Å². The van der Waals surface area contributed by atoms with Crippen LogP contribution in [0.1, 0.15) is 44.9 Å². The zero-order chi connectivity index (χ0) is 16.1. The van der Waals surface area contributed by atoms with E-state index in [1.807, 2.05) is 24.3 Å². The standard InChI is InChI=1S/C19H28N2O2/c1-23-18-11-5-10-17(13-18)21(16-8-3-2-4-9-16)19(22)15-7-6-12-20-14-15/h5,10-11,13,15-16,20H,2-4,6-9,12,14H2,1H3/t15-/m0/s1. The van der Waals surface area contributed by atoms with Gasteiger partial charge in [-0.3, -0.25) is 4.79 Å². The summed E-state index contributed by atoms with van der Waals surface area (Å²) < 4.78 is 5.37. The zero-order valence-corrected chi connectivity index (χ0v) is 14.1. The van der Waals surface area contributed by atoms with Crippen LogP contribution in [-0.4, -0.2) is 32.1 Å². The number of nitrogens with one attached hydrogen (secondary N) is 1. The van der Waals surface area contributed by atoms with Crippen LogP contribution in [0.5, 0.6) is 5.75 Å². The molecule has 0 aromatic heterocycles. The fraction of sp³-hybridized carbons (Fsp3) is 0.632. The molecular formula is C19H28N2O2. The van der Waals surface area contributed by atoms with Crippen molar-refractivity contribution in [2.75, 3.05) is 25.1 Å². The summed E-state index contributed by atoms with van der Waals surface area (Å²) in [5.74, 6) is 1.21. The van der Waals surface area contributed by atoms with Gasteiger partial charge >= 0.3 is 0 Å². The molecule has 0 bridgehead atoms. The van der Waals surface area contributed by atoms with E-state index in [4.69, 9.17) is 4.74 Å². The van der Waals surface area contributed by atoms with Gasteiger partial charge in [0, 0.05) is 24.3 Å². The lowest BCUT2D eigenvalue weighted by Gasteiger charge is -2.37. The summed E-state index contributed by atoms with van der Waals surface area (Å²) in [6.07, 6.45) is 8.06. The minimum Gasteiger partial charge on any atom is -0.497 e. The van der Waals surface area contributed by atoms with Crippen LogP contribution in [0, 0.1) is 5.92 Å². The van der Waals surface area contributed by atoms with Gasteiger partial charge in [0.05, 0.1) is 13.0 Å². The molecule has 1 atom stereocenters. The van der Waals surface area contributed by atoms with Crippen LogP contribution >= 0.6 is 0 Å². The SMILES string of the molecule is COc1cccc(N(C(=O)[C@H]2CCCNC2)C2CCCCC2)c1. The number of carbonyl (C=O) groups excluding carboxylic acids is 1. The number of hydrogen-bond donors (Lipinski definition) is 1. The molecule has 1 heterocycles. The van der Waals surface area contributed by atoms with Gasteiger partial charge in [-0.1, -0.05) is 25.3 Å². The molecule has 1 amide bonds. The number of methoxy groups -OCH3 is 1. The normalized spacial score (nSPS) is 22.6. The minimum atomic E-state index is 0.108. The van der Waals surface area contributed by atoms with Gasteiger partial charge in [0.1, 0.15) is 5.75 Å². The van der Waals surface area contributed by atoms with Crippen molar-refractivity contribution in [1.29, 1.82) is 0 Å². The first-order valence-corrected chi connectivity index (χ1v) is 8.97. The van der Waals surface area contributed by atoms with Crippen molar-refractivity contribution in [3.63, 3.8) is 0 Å². The van der Waals surface area contributed by atoms with Crippen LogP contribution < -0.4 is 15.0 Å². The molecular weight excluding hydrogens is 288 g/mol. The average molecular weight is 316 g/mol. The largest absolute Gasteiger partial charge is 0.497 e. The minimum absolute atomic E-state index is 0.108. The lowest BCUT2D eigenvalue weighted by atomic mass is 9.91. The van der Waals surface area contributed by atoms with E-state index in [0.717, 1.165) is 50.2 Å². The first-order chi connectivity index (χ1) is 11.3. The van der Waals surface area contributed by atoms with E-state index in [9.17, 15) is 4.79 Å². The van der Waals surface area contributed by atoms with Gasteiger partial charge in [-0.2, -0.15) is 0 Å². The maximum atomic E-state index is 13.2. The third kappa shape index (κ3) is 3.86. The van der Waals surface area contributed by atoms with Gasteiger partial charge in [0.25, 0.3) is 0 Å². The van der Waals surface area contributed by atoms with Crippen molar-refractivity contribution in [2.24, 2.45) is 5.92 Å². The molecule has 1 aliphatic heterocycles. The van der Waals surface area contributed by atoms with Crippen molar-refractivity contribution < 1.29 is 9.53 Å². The Morgan fingerprint density at radius 2 is 2.00 bits per heavy atom. The molecule has 4 nitrogen and oxygen atoms in total. The van der Waals surface area contributed by atoms with Gasteiger partial charge in [-0.05, 0) is 44.4 Å². The molecule has 2 aliphatic rings. The van der Waals surface area contributed by atoms with E-state index < -0.39 is 0 Å². The Kier molecular flexibility index (Phi) is 5.55. The molecule has 3 rings (SSSR count). The summed E-state index contributed by atoms with van der Waals surface area (Å²) in [4.78, 5) is 15.3. The summed E-state index contributed by atoms with van der Waals surface area (Å²) in [5.41, 5.74) is 0.992. The fourth-order valence-corrected chi connectivity index (χ4v) is 3.88. The van der Waals surface area contributed by atoms with E-state index in [-0.39, 0.29) is 11.8 Å². The molecule has 0 radical (unpaired) electrons. The predicted octanol–water partition coefficient (Wildman–Crippen LogP) is 3.36. The van der Waals surface area contributed by atoms with Crippen LogP contribution in [0.15, 0.2) is 24.3 Å². The van der Waals surface area contributed by atoms with Crippen molar-refractivity contribution in [3.8, 4) is 5.75 Å².